The van der Waals surface area contributed by atoms with E-state index in [-0.39, 0.29) is 5.91 Å². The van der Waals surface area contributed by atoms with Crippen LogP contribution in [-0.4, -0.2) is 34.6 Å². The van der Waals surface area contributed by atoms with Gasteiger partial charge in [-0.1, -0.05) is 18.2 Å². The van der Waals surface area contributed by atoms with Gasteiger partial charge in [0.2, 0.25) is 0 Å². The fourth-order valence-electron chi connectivity index (χ4n) is 2.71. The van der Waals surface area contributed by atoms with Crippen LogP contribution in [0.1, 0.15) is 23.2 Å². The van der Waals surface area contributed by atoms with Crippen molar-refractivity contribution in [1.82, 2.24) is 9.88 Å². The number of amides is 1. The third-order valence-corrected chi connectivity index (χ3v) is 5.28. The number of hydrogen-bond donors (Lipinski definition) is 0. The minimum absolute atomic E-state index is 0.113. The van der Waals surface area contributed by atoms with Crippen molar-refractivity contribution in [3.8, 4) is 0 Å². The number of carbonyl (C=O) groups is 1. The molecule has 0 unspecified atom stereocenters. The van der Waals surface area contributed by atoms with Gasteiger partial charge < -0.3 is 4.90 Å². The molecule has 0 bridgehead atoms. The predicted molar refractivity (Wildman–Crippen MR) is 90.0 cm³/mol. The number of hydrogen-bond acceptors (Lipinski definition) is 3. The molecule has 3 nitrogen and oxygen atoms in total. The van der Waals surface area contributed by atoms with Gasteiger partial charge in [0.1, 0.15) is 0 Å². The average molecular weight is 312 g/mol. The molecule has 22 heavy (non-hydrogen) atoms. The zero-order chi connectivity index (χ0) is 15.2. The van der Waals surface area contributed by atoms with Crippen LogP contribution in [0.5, 0.6) is 0 Å². The van der Waals surface area contributed by atoms with E-state index in [2.05, 4.69) is 29.2 Å². The molecule has 0 radical (unpaired) electrons. The van der Waals surface area contributed by atoms with E-state index in [1.54, 1.807) is 12.4 Å². The molecular weight excluding hydrogens is 292 g/mol. The molecule has 0 N–H and O–H groups in total. The van der Waals surface area contributed by atoms with E-state index in [4.69, 9.17) is 0 Å². The molecule has 0 spiro atoms. The number of benzene rings is 1. The molecule has 1 aliphatic rings. The van der Waals surface area contributed by atoms with Gasteiger partial charge in [-0.2, -0.15) is 0 Å². The molecule has 2 heterocycles. The molecule has 0 saturated carbocycles. The lowest BCUT2D eigenvalue weighted by molar-refractivity contribution is 0.0698. The lowest BCUT2D eigenvalue weighted by atomic mass is 9.98. The van der Waals surface area contributed by atoms with Gasteiger partial charge in [-0.15, -0.1) is 11.8 Å². The first-order valence-electron chi connectivity index (χ1n) is 7.70. The Morgan fingerprint density at radius 1 is 1.14 bits per heavy atom. The van der Waals surface area contributed by atoms with Gasteiger partial charge in [-0.05, 0) is 43.0 Å². The predicted octanol–water partition coefficient (Wildman–Crippen LogP) is 3.73. The molecule has 1 aliphatic heterocycles. The molecule has 114 valence electrons. The van der Waals surface area contributed by atoms with Crippen molar-refractivity contribution < 1.29 is 4.79 Å². The third-order valence-electron chi connectivity index (χ3n) is 4.04. The second kappa shape index (κ2) is 7.45. The highest BCUT2D eigenvalue weighted by Crippen LogP contribution is 2.26. The van der Waals surface area contributed by atoms with Gasteiger partial charge in [0, 0.05) is 36.1 Å². The summed E-state index contributed by atoms with van der Waals surface area (Å²) in [6.45, 7) is 1.71. The Morgan fingerprint density at radius 2 is 1.91 bits per heavy atom. The highest BCUT2D eigenvalue weighted by Gasteiger charge is 2.23. The zero-order valence-corrected chi connectivity index (χ0v) is 13.3. The SMILES string of the molecule is O=C(c1cccnc1)N1CCC(CSc2ccccc2)CC1. The van der Waals surface area contributed by atoms with Gasteiger partial charge in [0.25, 0.3) is 5.91 Å². The fraction of sp³-hybridized carbons (Fsp3) is 0.333. The summed E-state index contributed by atoms with van der Waals surface area (Å²) in [6.07, 6.45) is 5.53. The van der Waals surface area contributed by atoms with Gasteiger partial charge in [-0.25, -0.2) is 0 Å². The van der Waals surface area contributed by atoms with Gasteiger partial charge in [0.15, 0.2) is 0 Å². The summed E-state index contributed by atoms with van der Waals surface area (Å²) >= 11 is 1.92. The van der Waals surface area contributed by atoms with Gasteiger partial charge >= 0.3 is 0 Å². The van der Waals surface area contributed by atoms with Crippen LogP contribution in [-0.2, 0) is 0 Å². The van der Waals surface area contributed by atoms with Crippen molar-refractivity contribution in [3.63, 3.8) is 0 Å². The standard InChI is InChI=1S/C18H20N2OS/c21-18(16-5-4-10-19-13-16)20-11-8-15(9-12-20)14-22-17-6-2-1-3-7-17/h1-7,10,13,15H,8-9,11-12,14H2. The second-order valence-electron chi connectivity index (χ2n) is 5.60. The van der Waals surface area contributed by atoms with E-state index in [0.29, 0.717) is 11.5 Å². The summed E-state index contributed by atoms with van der Waals surface area (Å²) in [5.74, 6) is 1.95. The Kier molecular flexibility index (Phi) is 5.11. The number of thioether (sulfide) groups is 1. The molecule has 2 aromatic rings. The second-order valence-corrected chi connectivity index (χ2v) is 6.69. The summed E-state index contributed by atoms with van der Waals surface area (Å²) < 4.78 is 0. The number of likely N-dealkylation sites (tertiary alicyclic amines) is 1. The van der Waals surface area contributed by atoms with Crippen LogP contribution in [0.4, 0.5) is 0 Å². The maximum absolute atomic E-state index is 12.4. The van der Waals surface area contributed by atoms with E-state index < -0.39 is 0 Å². The summed E-state index contributed by atoms with van der Waals surface area (Å²) in [4.78, 5) is 19.7. The fourth-order valence-corrected chi connectivity index (χ4v) is 3.82. The number of piperidine rings is 1. The van der Waals surface area contributed by atoms with Crippen LogP contribution >= 0.6 is 11.8 Å². The molecule has 1 fully saturated rings. The van der Waals surface area contributed by atoms with E-state index in [1.807, 2.05) is 34.9 Å². The lowest BCUT2D eigenvalue weighted by Crippen LogP contribution is -2.39. The highest BCUT2D eigenvalue weighted by atomic mass is 32.2. The molecule has 4 heteroatoms. The zero-order valence-electron chi connectivity index (χ0n) is 12.5. The number of nitrogens with zero attached hydrogens (tertiary/aromatic N) is 2. The van der Waals surface area contributed by atoms with Crippen LogP contribution in [0.25, 0.3) is 0 Å². The molecule has 0 aliphatic carbocycles. The van der Waals surface area contributed by atoms with Gasteiger partial charge in [0.05, 0.1) is 5.56 Å². The maximum atomic E-state index is 12.4. The molecule has 1 aromatic heterocycles. The quantitative estimate of drug-likeness (QED) is 0.807. The first kappa shape index (κ1) is 15.1. The van der Waals surface area contributed by atoms with Crippen molar-refractivity contribution in [3.05, 3.63) is 60.4 Å². The summed E-state index contributed by atoms with van der Waals surface area (Å²) in [7, 11) is 0. The molecule has 1 aromatic carbocycles. The number of carbonyl (C=O) groups excluding carboxylic acids is 1. The first-order chi connectivity index (χ1) is 10.8. The van der Waals surface area contributed by atoms with Crippen LogP contribution in [0.2, 0.25) is 0 Å². The van der Waals surface area contributed by atoms with Crippen molar-refractivity contribution >= 4 is 17.7 Å². The number of rotatable bonds is 4. The first-order valence-corrected chi connectivity index (χ1v) is 8.68. The smallest absolute Gasteiger partial charge is 0.255 e. The average Bonchev–Trinajstić information content (AvgIpc) is 2.61. The van der Waals surface area contributed by atoms with E-state index >= 15 is 0 Å². The number of aromatic nitrogens is 1. The Morgan fingerprint density at radius 3 is 2.59 bits per heavy atom. The molecule has 0 atom stereocenters. The lowest BCUT2D eigenvalue weighted by Gasteiger charge is -2.31. The van der Waals surface area contributed by atoms with E-state index in [0.717, 1.165) is 31.7 Å². The molecule has 1 amide bonds. The van der Waals surface area contributed by atoms with Gasteiger partial charge in [-0.3, -0.25) is 9.78 Å². The Balaban J connectivity index is 1.47. The van der Waals surface area contributed by atoms with Crippen LogP contribution in [0, 0.1) is 5.92 Å². The molecule has 3 rings (SSSR count). The van der Waals surface area contributed by atoms with E-state index in [1.165, 1.54) is 4.90 Å². The monoisotopic (exact) mass is 312 g/mol. The van der Waals surface area contributed by atoms with Crippen LogP contribution in [0.3, 0.4) is 0 Å². The Hall–Kier alpha value is -1.81. The molecular formula is C18H20N2OS. The maximum Gasteiger partial charge on any atom is 0.255 e. The summed E-state index contributed by atoms with van der Waals surface area (Å²) in [6, 6.07) is 14.2. The Bertz CT molecular complexity index is 595. The minimum Gasteiger partial charge on any atom is -0.339 e. The van der Waals surface area contributed by atoms with Crippen LogP contribution < -0.4 is 0 Å². The third kappa shape index (κ3) is 3.89. The minimum atomic E-state index is 0.113. The normalized spacial score (nSPS) is 15.7. The van der Waals surface area contributed by atoms with Crippen LogP contribution in [0.15, 0.2) is 59.8 Å². The van der Waals surface area contributed by atoms with Crippen molar-refractivity contribution in [2.24, 2.45) is 5.92 Å². The summed E-state index contributed by atoms with van der Waals surface area (Å²) in [5, 5.41) is 0. The van der Waals surface area contributed by atoms with Crippen molar-refractivity contribution in [2.75, 3.05) is 18.8 Å². The topological polar surface area (TPSA) is 33.2 Å². The molecule has 1 saturated heterocycles. The largest absolute Gasteiger partial charge is 0.339 e. The Labute approximate surface area is 135 Å². The highest BCUT2D eigenvalue weighted by molar-refractivity contribution is 7.99. The van der Waals surface area contributed by atoms with Crippen molar-refractivity contribution in [2.45, 2.75) is 17.7 Å². The van der Waals surface area contributed by atoms with Crippen molar-refractivity contribution in [1.29, 1.82) is 0 Å². The number of pyridine rings is 1. The summed E-state index contributed by atoms with van der Waals surface area (Å²) in [5.41, 5.74) is 0.694. The van der Waals surface area contributed by atoms with E-state index in [9.17, 15) is 4.79 Å².